The van der Waals surface area contributed by atoms with Gasteiger partial charge in [-0.05, 0) is 64.8 Å². The Bertz CT molecular complexity index is 853. The van der Waals surface area contributed by atoms with E-state index >= 15 is 0 Å². The summed E-state index contributed by atoms with van der Waals surface area (Å²) in [7, 11) is 0. The largest absolute Gasteiger partial charge is 0.454 e. The van der Waals surface area contributed by atoms with Crippen molar-refractivity contribution in [2.24, 2.45) is 0 Å². The predicted molar refractivity (Wildman–Crippen MR) is 107 cm³/mol. The van der Waals surface area contributed by atoms with Crippen LogP contribution >= 0.6 is 27.3 Å². The third-order valence-electron chi connectivity index (χ3n) is 4.26. The first-order valence-electron chi connectivity index (χ1n) is 8.53. The number of thiophene rings is 1. The lowest BCUT2D eigenvalue weighted by atomic mass is 10.2. The fourth-order valence-corrected chi connectivity index (χ4v) is 4.21. The van der Waals surface area contributed by atoms with Crippen molar-refractivity contribution >= 4 is 50.7 Å². The molecule has 8 heteroatoms. The van der Waals surface area contributed by atoms with Gasteiger partial charge in [0.25, 0.3) is 11.8 Å². The minimum atomic E-state index is -0.640. The first kappa shape index (κ1) is 19.6. The van der Waals surface area contributed by atoms with Crippen LogP contribution in [0.5, 0.6) is 0 Å². The van der Waals surface area contributed by atoms with Crippen molar-refractivity contribution in [2.45, 2.75) is 25.8 Å². The molecule has 1 aromatic heterocycles. The summed E-state index contributed by atoms with van der Waals surface area (Å²) in [6.07, 6.45) is 1.28. The second-order valence-electron chi connectivity index (χ2n) is 6.27. The van der Waals surface area contributed by atoms with Crippen molar-refractivity contribution in [3.8, 4) is 0 Å². The summed E-state index contributed by atoms with van der Waals surface area (Å²) in [5.74, 6) is -1.14. The molecule has 1 atom stereocenters. The number of anilines is 1. The smallest absolute Gasteiger partial charge is 0.329 e. The van der Waals surface area contributed by atoms with E-state index in [1.54, 1.807) is 18.2 Å². The number of hydrogen-bond acceptors (Lipinski definition) is 5. The van der Waals surface area contributed by atoms with E-state index in [0.29, 0.717) is 23.5 Å². The second-order valence-corrected chi connectivity index (χ2v) is 8.08. The Labute approximate surface area is 169 Å². The van der Waals surface area contributed by atoms with Gasteiger partial charge in [0.05, 0.1) is 10.6 Å². The van der Waals surface area contributed by atoms with Crippen molar-refractivity contribution in [1.82, 2.24) is 4.90 Å². The van der Waals surface area contributed by atoms with Gasteiger partial charge in [-0.1, -0.05) is 12.1 Å². The molecule has 0 aliphatic carbocycles. The normalized spacial score (nSPS) is 16.2. The Kier molecular flexibility index (Phi) is 6.28. The Balaban J connectivity index is 1.55. The van der Waals surface area contributed by atoms with Crippen LogP contribution in [0, 0.1) is 6.92 Å². The van der Waals surface area contributed by atoms with Crippen molar-refractivity contribution in [3.05, 3.63) is 50.6 Å². The number of nitrogens with zero attached hydrogens (tertiary/aromatic N) is 1. The lowest BCUT2D eigenvalue weighted by Gasteiger charge is -2.22. The summed E-state index contributed by atoms with van der Waals surface area (Å²) in [6, 6.07) is 8.43. The number of ether oxygens (including phenoxy) is 1. The first-order chi connectivity index (χ1) is 13.0. The Morgan fingerprint density at radius 3 is 2.85 bits per heavy atom. The maximum Gasteiger partial charge on any atom is 0.329 e. The Morgan fingerprint density at radius 2 is 2.15 bits per heavy atom. The van der Waals surface area contributed by atoms with Crippen molar-refractivity contribution in [1.29, 1.82) is 0 Å². The van der Waals surface area contributed by atoms with Crippen LogP contribution in [-0.2, 0) is 14.3 Å². The van der Waals surface area contributed by atoms with Crippen LogP contribution in [0.15, 0.2) is 40.2 Å². The van der Waals surface area contributed by atoms with E-state index in [1.165, 1.54) is 16.2 Å². The first-order valence-corrected chi connectivity index (χ1v) is 10.2. The Morgan fingerprint density at radius 1 is 1.33 bits per heavy atom. The third-order valence-corrected chi connectivity index (χ3v) is 5.78. The molecular formula is C19H19BrN2O4S. The number of benzene rings is 1. The van der Waals surface area contributed by atoms with Gasteiger partial charge in [-0.3, -0.25) is 9.59 Å². The zero-order chi connectivity index (χ0) is 19.4. The van der Waals surface area contributed by atoms with Gasteiger partial charge in [-0.25, -0.2) is 4.79 Å². The molecule has 2 aromatic rings. The molecule has 0 radical (unpaired) electrons. The van der Waals surface area contributed by atoms with E-state index in [4.69, 9.17) is 4.74 Å². The van der Waals surface area contributed by atoms with Crippen molar-refractivity contribution in [2.75, 3.05) is 18.5 Å². The van der Waals surface area contributed by atoms with E-state index in [9.17, 15) is 14.4 Å². The fraction of sp³-hybridized carbons (Fsp3) is 0.316. The number of esters is 1. The van der Waals surface area contributed by atoms with Crippen LogP contribution in [-0.4, -0.2) is 41.9 Å². The summed E-state index contributed by atoms with van der Waals surface area (Å²) in [5, 5.41) is 4.52. The van der Waals surface area contributed by atoms with E-state index in [1.807, 2.05) is 24.4 Å². The molecule has 1 saturated heterocycles. The number of carbonyl (C=O) groups is 3. The SMILES string of the molecule is Cc1ccc(NC(=O)COC(=O)C2CCCN2C(=O)c2cccs2)c(Br)c1. The monoisotopic (exact) mass is 450 g/mol. The van der Waals surface area contributed by atoms with Gasteiger partial charge in [0.1, 0.15) is 6.04 Å². The molecule has 2 amide bonds. The molecule has 0 spiro atoms. The van der Waals surface area contributed by atoms with Crippen LogP contribution in [0.3, 0.4) is 0 Å². The van der Waals surface area contributed by atoms with Crippen LogP contribution in [0.25, 0.3) is 0 Å². The molecule has 1 unspecified atom stereocenters. The number of rotatable bonds is 5. The van der Waals surface area contributed by atoms with Crippen molar-refractivity contribution < 1.29 is 19.1 Å². The van der Waals surface area contributed by atoms with Crippen LogP contribution in [0.2, 0.25) is 0 Å². The maximum atomic E-state index is 12.5. The lowest BCUT2D eigenvalue weighted by Crippen LogP contribution is -2.41. The zero-order valence-electron chi connectivity index (χ0n) is 14.7. The van der Waals surface area contributed by atoms with Gasteiger partial charge in [0.15, 0.2) is 6.61 Å². The van der Waals surface area contributed by atoms with Crippen LogP contribution in [0.4, 0.5) is 5.69 Å². The molecule has 2 heterocycles. The molecule has 1 fully saturated rings. The quantitative estimate of drug-likeness (QED) is 0.705. The summed E-state index contributed by atoms with van der Waals surface area (Å²) in [6.45, 7) is 2.07. The molecular weight excluding hydrogens is 432 g/mol. The highest BCUT2D eigenvalue weighted by Gasteiger charge is 2.36. The second kappa shape index (κ2) is 8.67. The zero-order valence-corrected chi connectivity index (χ0v) is 17.1. The number of nitrogens with one attached hydrogen (secondary N) is 1. The van der Waals surface area contributed by atoms with Gasteiger partial charge >= 0.3 is 5.97 Å². The number of halogens is 1. The van der Waals surface area contributed by atoms with E-state index in [-0.39, 0.29) is 5.91 Å². The van der Waals surface area contributed by atoms with Crippen LogP contribution in [0.1, 0.15) is 28.1 Å². The molecule has 27 heavy (non-hydrogen) atoms. The van der Waals surface area contributed by atoms with Gasteiger partial charge in [0, 0.05) is 11.0 Å². The number of hydrogen-bond donors (Lipinski definition) is 1. The van der Waals surface area contributed by atoms with E-state index < -0.39 is 24.5 Å². The summed E-state index contributed by atoms with van der Waals surface area (Å²) in [5.41, 5.74) is 1.67. The molecule has 1 aliphatic heterocycles. The van der Waals surface area contributed by atoms with E-state index in [0.717, 1.165) is 16.5 Å². The minimum Gasteiger partial charge on any atom is -0.454 e. The maximum absolute atomic E-state index is 12.5. The van der Waals surface area contributed by atoms with Gasteiger partial charge in [-0.15, -0.1) is 11.3 Å². The number of aryl methyl sites for hydroxylation is 1. The van der Waals surface area contributed by atoms with Gasteiger partial charge < -0.3 is 15.0 Å². The highest BCUT2D eigenvalue weighted by atomic mass is 79.9. The minimum absolute atomic E-state index is 0.169. The predicted octanol–water partition coefficient (Wildman–Crippen LogP) is 3.61. The number of carbonyl (C=O) groups excluding carboxylic acids is 3. The average Bonchev–Trinajstić information content (AvgIpc) is 3.33. The number of likely N-dealkylation sites (tertiary alicyclic amines) is 1. The molecule has 3 rings (SSSR count). The standard InChI is InChI=1S/C19H19BrN2O4S/c1-12-6-7-14(13(20)10-12)21-17(23)11-26-19(25)15-4-2-8-22(15)18(24)16-5-3-9-27-16/h3,5-7,9-10,15H,2,4,8,11H2,1H3,(H,21,23). The van der Waals surface area contributed by atoms with Gasteiger partial charge in [0.2, 0.25) is 0 Å². The van der Waals surface area contributed by atoms with E-state index in [2.05, 4.69) is 21.2 Å². The molecule has 0 saturated carbocycles. The average molecular weight is 451 g/mol. The van der Waals surface area contributed by atoms with Crippen LogP contribution < -0.4 is 5.32 Å². The summed E-state index contributed by atoms with van der Waals surface area (Å²) in [4.78, 5) is 39.1. The van der Waals surface area contributed by atoms with Gasteiger partial charge in [-0.2, -0.15) is 0 Å². The molecule has 0 bridgehead atoms. The molecule has 142 valence electrons. The Hall–Kier alpha value is -2.19. The highest BCUT2D eigenvalue weighted by Crippen LogP contribution is 2.24. The summed E-state index contributed by atoms with van der Waals surface area (Å²) >= 11 is 4.73. The number of amides is 2. The molecule has 1 N–H and O–H groups in total. The third kappa shape index (κ3) is 4.75. The molecule has 6 nitrogen and oxygen atoms in total. The molecule has 1 aliphatic rings. The van der Waals surface area contributed by atoms with Crippen molar-refractivity contribution in [3.63, 3.8) is 0 Å². The highest BCUT2D eigenvalue weighted by molar-refractivity contribution is 9.10. The topological polar surface area (TPSA) is 75.7 Å². The summed E-state index contributed by atoms with van der Waals surface area (Å²) < 4.78 is 5.92. The molecule has 1 aromatic carbocycles. The fourth-order valence-electron chi connectivity index (χ4n) is 2.94. The lowest BCUT2D eigenvalue weighted by molar-refractivity contribution is -0.151.